The number of aromatic nitrogens is 2. The minimum atomic E-state index is -0.668. The first kappa shape index (κ1) is 22.3. The second-order valence-electron chi connectivity index (χ2n) is 9.85. The Balaban J connectivity index is 1.05. The number of hydrogen-bond acceptors (Lipinski definition) is 7. The summed E-state index contributed by atoms with van der Waals surface area (Å²) in [6.45, 7) is 1.75. The fourth-order valence-corrected chi connectivity index (χ4v) is 5.61. The van der Waals surface area contributed by atoms with E-state index in [1.807, 2.05) is 25.1 Å². The molecular formula is C25H23ClFN3O5. The molecule has 2 N–H and O–H groups in total. The molecule has 3 aliphatic carbocycles. The highest BCUT2D eigenvalue weighted by Gasteiger charge is 2.71. The number of nitrogens with zero attached hydrogens (tertiary/aromatic N) is 2. The van der Waals surface area contributed by atoms with Crippen LogP contribution in [0.15, 0.2) is 40.8 Å². The highest BCUT2D eigenvalue weighted by Crippen LogP contribution is 2.67. The summed E-state index contributed by atoms with van der Waals surface area (Å²) >= 11 is 5.66. The number of halogens is 2. The lowest BCUT2D eigenvalue weighted by atomic mass is 9.39. The van der Waals surface area contributed by atoms with Gasteiger partial charge in [0.25, 0.3) is 11.8 Å². The average Bonchev–Trinajstić information content (AvgIpc) is 3.26. The van der Waals surface area contributed by atoms with Gasteiger partial charge in [-0.3, -0.25) is 4.79 Å². The quantitative estimate of drug-likeness (QED) is 0.526. The van der Waals surface area contributed by atoms with Gasteiger partial charge in [0.05, 0.1) is 16.5 Å². The number of fused-ring (bicyclic) bond motifs is 1. The molecule has 3 saturated carbocycles. The van der Waals surface area contributed by atoms with Crippen molar-refractivity contribution < 1.29 is 28.2 Å². The summed E-state index contributed by atoms with van der Waals surface area (Å²) in [6.07, 6.45) is 1.23. The number of ether oxygens (including phenoxy) is 2. The molecule has 10 heteroatoms. The molecule has 8 nitrogen and oxygen atoms in total. The number of aliphatic hydroxyl groups excluding tert-OH is 1. The van der Waals surface area contributed by atoms with Gasteiger partial charge in [0, 0.05) is 23.6 Å². The molecule has 4 aliphatic rings. The Morgan fingerprint density at radius 1 is 1.26 bits per heavy atom. The second kappa shape index (κ2) is 7.93. The van der Waals surface area contributed by atoms with Crippen LogP contribution in [-0.2, 0) is 10.2 Å². The maximum absolute atomic E-state index is 13.5. The van der Waals surface area contributed by atoms with Crippen LogP contribution in [-0.4, -0.2) is 33.4 Å². The van der Waals surface area contributed by atoms with Crippen LogP contribution >= 0.6 is 11.6 Å². The van der Waals surface area contributed by atoms with Gasteiger partial charge in [-0.25, -0.2) is 4.39 Å². The van der Waals surface area contributed by atoms with Crippen molar-refractivity contribution in [3.8, 4) is 11.5 Å². The van der Waals surface area contributed by atoms with Crippen molar-refractivity contribution >= 4 is 17.5 Å². The molecule has 2 aromatic carbocycles. The first-order valence-corrected chi connectivity index (χ1v) is 11.8. The SMILES string of the molecule is Cc1ccc2c(c1)[C@H](O)C[C@H](c1nnc(C34CC(NC(=O)COc5ccc(Cl)c(F)c5)(C3)C4)o1)O2. The summed E-state index contributed by atoms with van der Waals surface area (Å²) in [5.41, 5.74) is 1.26. The average molecular weight is 500 g/mol. The van der Waals surface area contributed by atoms with Crippen molar-refractivity contribution in [2.24, 2.45) is 0 Å². The standard InChI is InChI=1S/C25H23ClFN3O5/c1-13-2-5-19-15(6-13)18(31)8-20(34-19)22-29-30-23(35-22)24-10-25(11-24,12-24)28-21(32)9-33-14-3-4-16(26)17(27)7-14/h2-7,18,20,31H,8-12H2,1H3,(H,28,32)/t18-,20-,24?,25?/m1/s1. The highest BCUT2D eigenvalue weighted by atomic mass is 35.5. The van der Waals surface area contributed by atoms with Crippen LogP contribution in [0.4, 0.5) is 4.39 Å². The van der Waals surface area contributed by atoms with Crippen molar-refractivity contribution in [1.29, 1.82) is 0 Å². The number of aryl methyl sites for hydroxylation is 1. The van der Waals surface area contributed by atoms with Gasteiger partial charge in [-0.1, -0.05) is 23.2 Å². The minimum Gasteiger partial charge on any atom is -0.484 e. The largest absolute Gasteiger partial charge is 0.484 e. The van der Waals surface area contributed by atoms with Gasteiger partial charge in [0.15, 0.2) is 12.7 Å². The van der Waals surface area contributed by atoms with E-state index in [4.69, 9.17) is 25.5 Å². The van der Waals surface area contributed by atoms with Crippen molar-refractivity contribution in [2.75, 3.05) is 6.61 Å². The monoisotopic (exact) mass is 499 g/mol. The Hall–Kier alpha value is -3.17. The molecule has 0 spiro atoms. The first-order valence-electron chi connectivity index (χ1n) is 11.4. The summed E-state index contributed by atoms with van der Waals surface area (Å²) in [5, 5.41) is 22.0. The van der Waals surface area contributed by atoms with E-state index >= 15 is 0 Å². The normalized spacial score (nSPS) is 28.2. The molecule has 2 bridgehead atoms. The van der Waals surface area contributed by atoms with Crippen LogP contribution in [0.5, 0.6) is 11.5 Å². The Morgan fingerprint density at radius 2 is 2.06 bits per heavy atom. The molecule has 35 heavy (non-hydrogen) atoms. The fourth-order valence-electron chi connectivity index (χ4n) is 5.49. The number of nitrogens with one attached hydrogen (secondary N) is 1. The Labute approximate surface area is 205 Å². The minimum absolute atomic E-state index is 0.00345. The molecule has 0 radical (unpaired) electrons. The summed E-state index contributed by atoms with van der Waals surface area (Å²) in [5.74, 6) is 0.855. The van der Waals surface area contributed by atoms with E-state index in [9.17, 15) is 14.3 Å². The van der Waals surface area contributed by atoms with Gasteiger partial charge in [-0.15, -0.1) is 10.2 Å². The van der Waals surface area contributed by atoms with E-state index < -0.39 is 18.0 Å². The molecule has 3 aromatic rings. The number of rotatable bonds is 6. The molecule has 3 fully saturated rings. The molecule has 0 unspecified atom stereocenters. The van der Waals surface area contributed by atoms with Crippen LogP contribution in [0.3, 0.4) is 0 Å². The Morgan fingerprint density at radius 3 is 2.83 bits per heavy atom. The number of benzene rings is 2. The van der Waals surface area contributed by atoms with E-state index in [-0.39, 0.29) is 34.2 Å². The summed E-state index contributed by atoms with van der Waals surface area (Å²) in [6, 6.07) is 9.74. The zero-order valence-corrected chi connectivity index (χ0v) is 19.6. The van der Waals surface area contributed by atoms with Gasteiger partial charge < -0.3 is 24.3 Å². The van der Waals surface area contributed by atoms with Crippen molar-refractivity contribution in [2.45, 2.75) is 55.8 Å². The molecule has 1 aliphatic heterocycles. The Kier molecular flexibility index (Phi) is 5.05. The number of amides is 1. The molecular weight excluding hydrogens is 477 g/mol. The fraction of sp³-hybridized carbons (Fsp3) is 0.400. The summed E-state index contributed by atoms with van der Waals surface area (Å²) < 4.78 is 30.9. The van der Waals surface area contributed by atoms with Crippen LogP contribution < -0.4 is 14.8 Å². The molecule has 2 atom stereocenters. The molecule has 2 heterocycles. The maximum Gasteiger partial charge on any atom is 0.258 e. The van der Waals surface area contributed by atoms with Crippen molar-refractivity contribution in [1.82, 2.24) is 15.5 Å². The smallest absolute Gasteiger partial charge is 0.258 e. The molecule has 1 aromatic heterocycles. The topological polar surface area (TPSA) is 107 Å². The van der Waals surface area contributed by atoms with E-state index in [0.717, 1.165) is 17.2 Å². The third kappa shape index (κ3) is 3.83. The van der Waals surface area contributed by atoms with Crippen molar-refractivity contribution in [3.63, 3.8) is 0 Å². The van der Waals surface area contributed by atoms with Gasteiger partial charge >= 0.3 is 0 Å². The van der Waals surface area contributed by atoms with Gasteiger partial charge in [0.1, 0.15) is 17.3 Å². The van der Waals surface area contributed by atoms with Crippen LogP contribution in [0, 0.1) is 12.7 Å². The molecule has 7 rings (SSSR count). The Bertz CT molecular complexity index is 1310. The molecule has 0 saturated heterocycles. The lowest BCUT2D eigenvalue weighted by molar-refractivity contribution is -0.143. The number of carbonyl (C=O) groups excluding carboxylic acids is 1. The van der Waals surface area contributed by atoms with E-state index in [1.54, 1.807) is 0 Å². The van der Waals surface area contributed by atoms with Crippen LogP contribution in [0.25, 0.3) is 0 Å². The van der Waals surface area contributed by atoms with Crippen molar-refractivity contribution in [3.05, 3.63) is 70.1 Å². The second-order valence-corrected chi connectivity index (χ2v) is 10.3. The lowest BCUT2D eigenvalue weighted by Crippen LogP contribution is -2.77. The summed E-state index contributed by atoms with van der Waals surface area (Å²) in [4.78, 5) is 12.4. The number of aliphatic hydroxyl groups is 1. The molecule has 182 valence electrons. The zero-order chi connectivity index (χ0) is 24.4. The van der Waals surface area contributed by atoms with Gasteiger partial charge in [-0.2, -0.15) is 0 Å². The number of hydrogen-bond donors (Lipinski definition) is 2. The highest BCUT2D eigenvalue weighted by molar-refractivity contribution is 6.30. The first-order chi connectivity index (χ1) is 16.7. The van der Waals surface area contributed by atoms with Crippen LogP contribution in [0.2, 0.25) is 5.02 Å². The van der Waals surface area contributed by atoms with Crippen LogP contribution in [0.1, 0.15) is 60.8 Å². The van der Waals surface area contributed by atoms with Gasteiger partial charge in [0.2, 0.25) is 5.89 Å². The molecule has 1 amide bonds. The van der Waals surface area contributed by atoms with E-state index in [1.165, 1.54) is 12.1 Å². The third-order valence-electron chi connectivity index (χ3n) is 7.10. The van der Waals surface area contributed by atoms with E-state index in [0.29, 0.717) is 43.2 Å². The predicted molar refractivity (Wildman–Crippen MR) is 122 cm³/mol. The van der Waals surface area contributed by atoms with Gasteiger partial charge in [-0.05, 0) is 50.5 Å². The maximum atomic E-state index is 13.5. The number of carbonyl (C=O) groups is 1. The van der Waals surface area contributed by atoms with E-state index in [2.05, 4.69) is 15.5 Å². The zero-order valence-electron chi connectivity index (χ0n) is 18.9. The summed E-state index contributed by atoms with van der Waals surface area (Å²) in [7, 11) is 0. The third-order valence-corrected chi connectivity index (χ3v) is 7.40. The lowest BCUT2D eigenvalue weighted by Gasteiger charge is -2.68. The predicted octanol–water partition coefficient (Wildman–Crippen LogP) is 4.10.